The molecule has 0 saturated heterocycles. The number of ether oxygens (including phenoxy) is 1. The summed E-state index contributed by atoms with van der Waals surface area (Å²) in [6, 6.07) is 3.81. The lowest BCUT2D eigenvalue weighted by Gasteiger charge is -2.23. The van der Waals surface area contributed by atoms with E-state index in [9.17, 15) is 4.79 Å². The van der Waals surface area contributed by atoms with Crippen molar-refractivity contribution in [3.63, 3.8) is 0 Å². The second kappa shape index (κ2) is 10.2. The first-order valence-corrected chi connectivity index (χ1v) is 9.91. The van der Waals surface area contributed by atoms with Crippen LogP contribution < -0.4 is 16.0 Å². The number of furan rings is 1. The minimum Gasteiger partial charge on any atom is -0.469 e. The molecule has 1 unspecified atom stereocenters. The Kier molecular flexibility index (Phi) is 7.96. The number of carbonyl (C=O) groups is 1. The average molecular weight is 391 g/mol. The van der Waals surface area contributed by atoms with E-state index in [2.05, 4.69) is 27.5 Å². The standard InChI is InChI=1S/C21H34N4O3/c1-15(2)13-23-19(22-11-10-17-7-6-12-27-17)24-14-18(16-8-9-16)25-20(26)28-21(3,4)5/h6-7,12,16,18H,1,8-11,13-14H2,2-5H3,(H,25,26)(H2,22,23,24). The first-order chi connectivity index (χ1) is 13.2. The van der Waals surface area contributed by atoms with Crippen molar-refractivity contribution in [2.75, 3.05) is 19.6 Å². The van der Waals surface area contributed by atoms with Crippen LogP contribution in [-0.4, -0.2) is 43.3 Å². The topological polar surface area (TPSA) is 87.9 Å². The van der Waals surface area contributed by atoms with Crippen molar-refractivity contribution in [2.45, 2.75) is 58.6 Å². The molecule has 28 heavy (non-hydrogen) atoms. The Labute approximate surface area is 168 Å². The van der Waals surface area contributed by atoms with Gasteiger partial charge in [-0.2, -0.15) is 0 Å². The summed E-state index contributed by atoms with van der Waals surface area (Å²) < 4.78 is 10.7. The van der Waals surface area contributed by atoms with Gasteiger partial charge in [-0.25, -0.2) is 4.79 Å². The number of hydrogen-bond donors (Lipinski definition) is 3. The quantitative estimate of drug-likeness (QED) is 0.342. The number of hydrogen-bond acceptors (Lipinski definition) is 4. The van der Waals surface area contributed by atoms with E-state index < -0.39 is 5.60 Å². The van der Waals surface area contributed by atoms with Gasteiger partial charge >= 0.3 is 6.09 Å². The third kappa shape index (κ3) is 8.97. The number of amides is 1. The number of carbonyl (C=O) groups excluding carboxylic acids is 1. The van der Waals surface area contributed by atoms with E-state index in [0.29, 0.717) is 31.5 Å². The molecule has 1 aliphatic carbocycles. The van der Waals surface area contributed by atoms with Crippen molar-refractivity contribution in [1.29, 1.82) is 0 Å². The molecule has 1 heterocycles. The van der Waals surface area contributed by atoms with Gasteiger partial charge in [-0.3, -0.25) is 4.99 Å². The van der Waals surface area contributed by atoms with Crippen LogP contribution in [-0.2, 0) is 11.2 Å². The van der Waals surface area contributed by atoms with Crippen LogP contribution in [0.25, 0.3) is 0 Å². The molecule has 7 heteroatoms. The largest absolute Gasteiger partial charge is 0.469 e. The van der Waals surface area contributed by atoms with E-state index in [1.54, 1.807) is 6.26 Å². The lowest BCUT2D eigenvalue weighted by atomic mass is 10.2. The second-order valence-electron chi connectivity index (χ2n) is 8.35. The van der Waals surface area contributed by atoms with Crippen LogP contribution in [0.15, 0.2) is 40.0 Å². The van der Waals surface area contributed by atoms with Crippen LogP contribution in [0, 0.1) is 5.92 Å². The highest BCUT2D eigenvalue weighted by Crippen LogP contribution is 2.33. The fraction of sp³-hybridized carbons (Fsp3) is 0.619. The Bertz CT molecular complexity index is 658. The number of nitrogens with one attached hydrogen (secondary N) is 3. The first kappa shape index (κ1) is 21.9. The lowest BCUT2D eigenvalue weighted by molar-refractivity contribution is 0.0500. The molecule has 1 saturated carbocycles. The van der Waals surface area contributed by atoms with E-state index in [1.165, 1.54) is 0 Å². The van der Waals surface area contributed by atoms with Gasteiger partial charge in [0, 0.05) is 19.5 Å². The van der Waals surface area contributed by atoms with Crippen LogP contribution in [0.4, 0.5) is 4.79 Å². The van der Waals surface area contributed by atoms with Crippen LogP contribution >= 0.6 is 0 Å². The van der Waals surface area contributed by atoms with Crippen molar-refractivity contribution in [1.82, 2.24) is 16.0 Å². The molecule has 1 aliphatic rings. The number of nitrogens with zero attached hydrogens (tertiary/aromatic N) is 1. The summed E-state index contributed by atoms with van der Waals surface area (Å²) in [7, 11) is 0. The van der Waals surface area contributed by atoms with E-state index in [4.69, 9.17) is 9.15 Å². The van der Waals surface area contributed by atoms with E-state index in [1.807, 2.05) is 39.8 Å². The molecular weight excluding hydrogens is 356 g/mol. The Morgan fingerprint density at radius 3 is 2.71 bits per heavy atom. The molecule has 0 aromatic carbocycles. The van der Waals surface area contributed by atoms with Gasteiger partial charge in [-0.15, -0.1) is 0 Å². The van der Waals surface area contributed by atoms with E-state index in [-0.39, 0.29) is 12.1 Å². The van der Waals surface area contributed by atoms with Gasteiger partial charge in [0.2, 0.25) is 0 Å². The zero-order chi connectivity index (χ0) is 20.6. The smallest absolute Gasteiger partial charge is 0.407 e. The fourth-order valence-electron chi connectivity index (χ4n) is 2.63. The van der Waals surface area contributed by atoms with Crippen molar-refractivity contribution in [3.05, 3.63) is 36.3 Å². The molecule has 156 valence electrons. The normalized spacial score (nSPS) is 15.6. The Hall–Kier alpha value is -2.44. The number of alkyl carbamates (subject to hydrolysis) is 1. The van der Waals surface area contributed by atoms with Gasteiger partial charge in [-0.1, -0.05) is 12.2 Å². The maximum absolute atomic E-state index is 12.1. The molecule has 1 fully saturated rings. The molecule has 2 rings (SSSR count). The highest BCUT2D eigenvalue weighted by Gasteiger charge is 2.33. The summed E-state index contributed by atoms with van der Waals surface area (Å²) >= 11 is 0. The molecule has 0 aliphatic heterocycles. The Balaban J connectivity index is 1.90. The van der Waals surface area contributed by atoms with Crippen molar-refractivity contribution < 1.29 is 13.9 Å². The van der Waals surface area contributed by atoms with Gasteiger partial charge in [0.15, 0.2) is 5.96 Å². The average Bonchev–Trinajstić information content (AvgIpc) is 3.30. The monoisotopic (exact) mass is 390 g/mol. The third-order valence-corrected chi connectivity index (χ3v) is 4.14. The fourth-order valence-corrected chi connectivity index (χ4v) is 2.63. The Morgan fingerprint density at radius 2 is 2.14 bits per heavy atom. The van der Waals surface area contributed by atoms with Gasteiger partial charge in [0.1, 0.15) is 11.4 Å². The minimum atomic E-state index is -0.511. The summed E-state index contributed by atoms with van der Waals surface area (Å²) in [5.74, 6) is 2.09. The molecule has 3 N–H and O–H groups in total. The third-order valence-electron chi connectivity index (χ3n) is 4.14. The minimum absolute atomic E-state index is 0.0247. The molecule has 1 aromatic heterocycles. The Morgan fingerprint density at radius 1 is 1.39 bits per heavy atom. The summed E-state index contributed by atoms with van der Waals surface area (Å²) in [6.45, 7) is 13.3. The van der Waals surface area contributed by atoms with E-state index in [0.717, 1.165) is 30.6 Å². The van der Waals surface area contributed by atoms with Crippen molar-refractivity contribution >= 4 is 12.1 Å². The second-order valence-corrected chi connectivity index (χ2v) is 8.35. The summed E-state index contributed by atoms with van der Waals surface area (Å²) in [6.07, 6.45) is 4.27. The molecule has 0 spiro atoms. The molecule has 0 bridgehead atoms. The van der Waals surface area contributed by atoms with Gasteiger partial charge in [-0.05, 0) is 58.6 Å². The van der Waals surface area contributed by atoms with Gasteiger partial charge < -0.3 is 25.1 Å². The summed E-state index contributed by atoms with van der Waals surface area (Å²) in [5, 5.41) is 9.56. The maximum Gasteiger partial charge on any atom is 0.407 e. The van der Waals surface area contributed by atoms with E-state index >= 15 is 0 Å². The predicted molar refractivity (Wildman–Crippen MR) is 111 cm³/mol. The van der Waals surface area contributed by atoms with Gasteiger partial charge in [0.25, 0.3) is 0 Å². The summed E-state index contributed by atoms with van der Waals surface area (Å²) in [5.41, 5.74) is 0.509. The number of rotatable bonds is 9. The van der Waals surface area contributed by atoms with Crippen molar-refractivity contribution in [3.8, 4) is 0 Å². The van der Waals surface area contributed by atoms with Crippen LogP contribution in [0.2, 0.25) is 0 Å². The predicted octanol–water partition coefficient (Wildman–Crippen LogP) is 3.24. The number of aliphatic imine (C=N–C) groups is 1. The molecule has 7 nitrogen and oxygen atoms in total. The zero-order valence-electron chi connectivity index (χ0n) is 17.5. The van der Waals surface area contributed by atoms with Crippen LogP contribution in [0.3, 0.4) is 0 Å². The molecule has 1 amide bonds. The maximum atomic E-state index is 12.1. The molecule has 0 radical (unpaired) electrons. The molecule has 1 atom stereocenters. The van der Waals surface area contributed by atoms with Gasteiger partial charge in [0.05, 0.1) is 18.8 Å². The van der Waals surface area contributed by atoms with Crippen LogP contribution in [0.1, 0.15) is 46.3 Å². The highest BCUT2D eigenvalue weighted by molar-refractivity contribution is 5.80. The zero-order valence-corrected chi connectivity index (χ0v) is 17.5. The highest BCUT2D eigenvalue weighted by atomic mass is 16.6. The molecule has 1 aromatic rings. The summed E-state index contributed by atoms with van der Waals surface area (Å²) in [4.78, 5) is 16.8. The lowest BCUT2D eigenvalue weighted by Crippen LogP contribution is -2.44. The van der Waals surface area contributed by atoms with Crippen molar-refractivity contribution in [2.24, 2.45) is 10.9 Å². The SMILES string of the molecule is C=C(C)CNC(=NCC(NC(=O)OC(C)(C)C)C1CC1)NCCc1ccco1. The number of guanidine groups is 1. The van der Waals surface area contributed by atoms with Crippen LogP contribution in [0.5, 0.6) is 0 Å². The molecular formula is C21H34N4O3. The first-order valence-electron chi connectivity index (χ1n) is 9.91.